The van der Waals surface area contributed by atoms with Crippen LogP contribution in [0, 0.1) is 5.92 Å². The summed E-state index contributed by atoms with van der Waals surface area (Å²) in [5.41, 5.74) is 1.13. The number of nitrogens with zero attached hydrogens (tertiary/aromatic N) is 1. The summed E-state index contributed by atoms with van der Waals surface area (Å²) in [6.07, 6.45) is 0.736. The lowest BCUT2D eigenvalue weighted by molar-refractivity contribution is -0.141. The van der Waals surface area contributed by atoms with E-state index in [2.05, 4.69) is 4.90 Å². The second-order valence-corrected chi connectivity index (χ2v) is 5.04. The van der Waals surface area contributed by atoms with Gasteiger partial charge in [-0.25, -0.2) is 0 Å². The number of aliphatic carboxylic acids is 1. The van der Waals surface area contributed by atoms with E-state index in [1.54, 1.807) is 0 Å². The Balaban J connectivity index is 1.66. The van der Waals surface area contributed by atoms with E-state index in [4.69, 9.17) is 14.6 Å². The summed E-state index contributed by atoms with van der Waals surface area (Å²) in [6, 6.07) is 5.93. The van der Waals surface area contributed by atoms with Gasteiger partial charge in [-0.1, -0.05) is 6.07 Å². The smallest absolute Gasteiger partial charge is 0.307 e. The van der Waals surface area contributed by atoms with Crippen LogP contribution in [0.2, 0.25) is 0 Å². The first kappa shape index (κ1) is 12.3. The third kappa shape index (κ3) is 2.66. The Hall–Kier alpha value is -1.75. The fraction of sp³-hybridized carbons (Fsp3) is 0.500. The summed E-state index contributed by atoms with van der Waals surface area (Å²) in [6.45, 7) is 3.41. The summed E-state index contributed by atoms with van der Waals surface area (Å²) in [5.74, 6) is 0.666. The van der Waals surface area contributed by atoms with Crippen LogP contribution in [0.4, 0.5) is 0 Å². The molecular weight excluding hydrogens is 246 g/mol. The van der Waals surface area contributed by atoms with Crippen LogP contribution < -0.4 is 9.47 Å². The topological polar surface area (TPSA) is 59.0 Å². The first-order valence-corrected chi connectivity index (χ1v) is 6.56. The van der Waals surface area contributed by atoms with Gasteiger partial charge in [0, 0.05) is 13.1 Å². The number of ether oxygens (including phenoxy) is 2. The Labute approximate surface area is 111 Å². The van der Waals surface area contributed by atoms with Crippen LogP contribution in [-0.4, -0.2) is 42.3 Å². The number of rotatable bonds is 3. The van der Waals surface area contributed by atoms with Crippen molar-refractivity contribution in [3.05, 3.63) is 23.8 Å². The Bertz CT molecular complexity index is 488. The lowest BCUT2D eigenvalue weighted by atomic mass is 10.1. The van der Waals surface area contributed by atoms with Crippen LogP contribution in [0.1, 0.15) is 12.0 Å². The molecule has 0 aliphatic carbocycles. The molecule has 102 valence electrons. The van der Waals surface area contributed by atoms with Crippen molar-refractivity contribution in [1.82, 2.24) is 4.90 Å². The lowest BCUT2D eigenvalue weighted by Gasteiger charge is -2.20. The molecule has 1 unspecified atom stereocenters. The molecule has 0 radical (unpaired) electrons. The second kappa shape index (κ2) is 5.09. The molecule has 2 aliphatic rings. The van der Waals surface area contributed by atoms with E-state index < -0.39 is 5.97 Å². The van der Waals surface area contributed by atoms with E-state index in [1.807, 2.05) is 18.2 Å². The highest BCUT2D eigenvalue weighted by atomic mass is 16.6. The highest BCUT2D eigenvalue weighted by Crippen LogP contribution is 2.31. The molecule has 5 nitrogen and oxygen atoms in total. The van der Waals surface area contributed by atoms with E-state index in [0.717, 1.165) is 36.6 Å². The van der Waals surface area contributed by atoms with E-state index >= 15 is 0 Å². The third-order valence-corrected chi connectivity index (χ3v) is 3.63. The van der Waals surface area contributed by atoms with Gasteiger partial charge < -0.3 is 14.6 Å². The minimum Gasteiger partial charge on any atom is -0.486 e. The van der Waals surface area contributed by atoms with Gasteiger partial charge in [-0.2, -0.15) is 0 Å². The normalized spacial score (nSPS) is 22.4. The zero-order valence-corrected chi connectivity index (χ0v) is 10.7. The molecule has 0 aromatic heterocycles. The number of fused-ring (bicyclic) bond motifs is 1. The number of carboxylic acids is 1. The zero-order chi connectivity index (χ0) is 13.2. The molecule has 1 fully saturated rings. The Morgan fingerprint density at radius 2 is 2.11 bits per heavy atom. The number of hydrogen-bond acceptors (Lipinski definition) is 4. The van der Waals surface area contributed by atoms with Crippen LogP contribution >= 0.6 is 0 Å². The maximum Gasteiger partial charge on any atom is 0.307 e. The van der Waals surface area contributed by atoms with E-state index in [0.29, 0.717) is 19.8 Å². The van der Waals surface area contributed by atoms with E-state index in [9.17, 15) is 4.79 Å². The lowest BCUT2D eigenvalue weighted by Crippen LogP contribution is -2.23. The highest BCUT2D eigenvalue weighted by molar-refractivity contribution is 5.70. The monoisotopic (exact) mass is 263 g/mol. The highest BCUT2D eigenvalue weighted by Gasteiger charge is 2.27. The molecule has 2 heterocycles. The molecule has 1 N–H and O–H groups in total. The van der Waals surface area contributed by atoms with Crippen molar-refractivity contribution >= 4 is 5.97 Å². The Morgan fingerprint density at radius 3 is 2.84 bits per heavy atom. The van der Waals surface area contributed by atoms with E-state index in [1.165, 1.54) is 0 Å². The summed E-state index contributed by atoms with van der Waals surface area (Å²) < 4.78 is 11.0. The first-order chi connectivity index (χ1) is 9.22. The van der Waals surface area contributed by atoms with Crippen molar-refractivity contribution in [2.75, 3.05) is 26.3 Å². The molecule has 1 saturated heterocycles. The van der Waals surface area contributed by atoms with Crippen molar-refractivity contribution < 1.29 is 19.4 Å². The molecule has 3 rings (SSSR count). The fourth-order valence-electron chi connectivity index (χ4n) is 2.62. The standard InChI is InChI=1S/C14H17NO4/c16-14(17)11-3-4-15(9-11)8-10-1-2-12-13(7-10)19-6-5-18-12/h1-2,7,11H,3-6,8-9H2,(H,16,17). The second-order valence-electron chi connectivity index (χ2n) is 5.04. The minimum atomic E-state index is -0.690. The summed E-state index contributed by atoms with van der Waals surface area (Å²) >= 11 is 0. The molecular formula is C14H17NO4. The molecule has 0 saturated carbocycles. The number of carboxylic acid groups (broad SMARTS) is 1. The van der Waals surface area contributed by atoms with Crippen LogP contribution in [-0.2, 0) is 11.3 Å². The Morgan fingerprint density at radius 1 is 1.32 bits per heavy atom. The van der Waals surface area contributed by atoms with Crippen LogP contribution in [0.3, 0.4) is 0 Å². The number of likely N-dealkylation sites (tertiary alicyclic amines) is 1. The number of benzene rings is 1. The van der Waals surface area contributed by atoms with Gasteiger partial charge in [0.05, 0.1) is 5.92 Å². The van der Waals surface area contributed by atoms with Gasteiger partial charge in [0.25, 0.3) is 0 Å². The predicted molar refractivity (Wildman–Crippen MR) is 68.5 cm³/mol. The SMILES string of the molecule is O=C(O)C1CCN(Cc2ccc3c(c2)OCCO3)C1. The van der Waals surface area contributed by atoms with Crippen molar-refractivity contribution in [2.24, 2.45) is 5.92 Å². The molecule has 0 bridgehead atoms. The molecule has 1 aromatic carbocycles. The zero-order valence-electron chi connectivity index (χ0n) is 10.7. The maximum absolute atomic E-state index is 10.9. The van der Waals surface area contributed by atoms with Gasteiger partial charge >= 0.3 is 5.97 Å². The molecule has 0 spiro atoms. The van der Waals surface area contributed by atoms with Crippen molar-refractivity contribution in [3.8, 4) is 11.5 Å². The average Bonchev–Trinajstić information content (AvgIpc) is 2.87. The van der Waals surface area contributed by atoms with Crippen molar-refractivity contribution in [3.63, 3.8) is 0 Å². The molecule has 0 amide bonds. The van der Waals surface area contributed by atoms with Gasteiger partial charge in [-0.3, -0.25) is 9.69 Å². The quantitative estimate of drug-likeness (QED) is 0.892. The van der Waals surface area contributed by atoms with E-state index in [-0.39, 0.29) is 5.92 Å². The van der Waals surface area contributed by atoms with Gasteiger partial charge in [0.2, 0.25) is 0 Å². The summed E-state index contributed by atoms with van der Waals surface area (Å²) in [4.78, 5) is 13.1. The fourth-order valence-corrected chi connectivity index (χ4v) is 2.62. The molecule has 1 aromatic rings. The number of hydrogen-bond donors (Lipinski definition) is 1. The largest absolute Gasteiger partial charge is 0.486 e. The first-order valence-electron chi connectivity index (χ1n) is 6.56. The third-order valence-electron chi connectivity index (χ3n) is 3.63. The molecule has 19 heavy (non-hydrogen) atoms. The summed E-state index contributed by atoms with van der Waals surface area (Å²) in [5, 5.41) is 8.99. The summed E-state index contributed by atoms with van der Waals surface area (Å²) in [7, 11) is 0. The number of carbonyl (C=O) groups is 1. The van der Waals surface area contributed by atoms with Crippen molar-refractivity contribution in [2.45, 2.75) is 13.0 Å². The molecule has 5 heteroatoms. The van der Waals surface area contributed by atoms with Crippen LogP contribution in [0.5, 0.6) is 11.5 Å². The van der Waals surface area contributed by atoms with Crippen LogP contribution in [0.15, 0.2) is 18.2 Å². The minimum absolute atomic E-state index is 0.225. The van der Waals surface area contributed by atoms with Gasteiger partial charge in [-0.15, -0.1) is 0 Å². The van der Waals surface area contributed by atoms with Crippen LogP contribution in [0.25, 0.3) is 0 Å². The van der Waals surface area contributed by atoms with Gasteiger partial charge in [-0.05, 0) is 30.7 Å². The van der Waals surface area contributed by atoms with Gasteiger partial charge in [0.15, 0.2) is 11.5 Å². The maximum atomic E-state index is 10.9. The van der Waals surface area contributed by atoms with Crippen molar-refractivity contribution in [1.29, 1.82) is 0 Å². The molecule has 2 aliphatic heterocycles. The predicted octanol–water partition coefficient (Wildman–Crippen LogP) is 1.36. The Kier molecular flexibility index (Phi) is 3.29. The average molecular weight is 263 g/mol. The van der Waals surface area contributed by atoms with Gasteiger partial charge in [0.1, 0.15) is 13.2 Å². The molecule has 1 atom stereocenters.